The summed E-state index contributed by atoms with van der Waals surface area (Å²) in [5.74, 6) is 2.70. The normalized spacial score (nSPS) is 31.4. The molecule has 0 saturated heterocycles. The molecule has 4 saturated carbocycles. The van der Waals surface area contributed by atoms with Crippen LogP contribution in [0.3, 0.4) is 0 Å². The molecule has 1 heterocycles. The number of benzene rings is 1. The molecule has 0 aliphatic heterocycles. The molecule has 0 unspecified atom stereocenters. The minimum Gasteiger partial charge on any atom is -0.352 e. The van der Waals surface area contributed by atoms with Crippen LogP contribution >= 0.6 is 0 Å². The Morgan fingerprint density at radius 1 is 1.11 bits per heavy atom. The molecule has 1 aromatic heterocycles. The number of hydrogen-bond donors (Lipinski definition) is 1. The lowest BCUT2D eigenvalue weighted by atomic mass is 9.49. The van der Waals surface area contributed by atoms with Crippen molar-refractivity contribution in [1.82, 2.24) is 9.88 Å². The molecule has 0 radical (unpaired) electrons. The van der Waals surface area contributed by atoms with Crippen LogP contribution in [0.25, 0.3) is 10.9 Å². The van der Waals surface area contributed by atoms with E-state index in [1.165, 1.54) is 44.6 Å². The van der Waals surface area contributed by atoms with E-state index in [-0.39, 0.29) is 11.5 Å². The number of hydrogen-bond acceptors (Lipinski definition) is 2. The second-order valence-electron chi connectivity index (χ2n) is 9.40. The third kappa shape index (κ3) is 2.90. The van der Waals surface area contributed by atoms with E-state index in [9.17, 15) is 9.59 Å². The number of carbonyl (C=O) groups excluding carboxylic acids is 1. The summed E-state index contributed by atoms with van der Waals surface area (Å²) in [7, 11) is 1.75. The number of rotatable bonds is 4. The van der Waals surface area contributed by atoms with E-state index < -0.39 is 0 Å². The quantitative estimate of drug-likeness (QED) is 0.895. The monoisotopic (exact) mass is 364 g/mol. The molecule has 1 N–H and O–H groups in total. The molecule has 4 bridgehead atoms. The van der Waals surface area contributed by atoms with Gasteiger partial charge in [-0.15, -0.1) is 0 Å². The van der Waals surface area contributed by atoms with Crippen molar-refractivity contribution in [3.63, 3.8) is 0 Å². The molecule has 2 aromatic rings. The molecule has 4 aliphatic carbocycles. The third-order valence-electron chi connectivity index (χ3n) is 7.50. The lowest BCUT2D eigenvalue weighted by Gasteiger charge is -2.57. The van der Waals surface area contributed by atoms with Crippen molar-refractivity contribution < 1.29 is 4.79 Å². The van der Waals surface area contributed by atoms with Gasteiger partial charge in [0, 0.05) is 25.0 Å². The first-order valence-corrected chi connectivity index (χ1v) is 10.4. The van der Waals surface area contributed by atoms with Crippen LogP contribution in [-0.4, -0.2) is 17.0 Å². The van der Waals surface area contributed by atoms with Crippen molar-refractivity contribution in [2.24, 2.45) is 30.2 Å². The lowest BCUT2D eigenvalue weighted by molar-refractivity contribution is -0.0564. The molecular weight excluding hydrogens is 336 g/mol. The lowest BCUT2D eigenvalue weighted by Crippen LogP contribution is -2.47. The zero-order valence-corrected chi connectivity index (χ0v) is 16.0. The summed E-state index contributed by atoms with van der Waals surface area (Å²) in [6, 6.07) is 9.10. The van der Waals surface area contributed by atoms with Crippen molar-refractivity contribution in [2.75, 3.05) is 6.54 Å². The number of pyridine rings is 1. The standard InChI is InChI=1S/C23H28N2O2/c1-25-20-5-3-2-4-18(20)19(11-21(25)26)22(27)24-7-6-23-12-15-8-16(13-23)10-17(9-15)14-23/h2-5,11,15-17H,6-10,12-14H2,1H3,(H,24,27). The van der Waals surface area contributed by atoms with Crippen LogP contribution in [0.5, 0.6) is 0 Å². The van der Waals surface area contributed by atoms with Gasteiger partial charge in [-0.25, -0.2) is 0 Å². The molecule has 1 amide bonds. The second-order valence-corrected chi connectivity index (χ2v) is 9.40. The number of fused-ring (bicyclic) bond motifs is 1. The van der Waals surface area contributed by atoms with E-state index in [0.29, 0.717) is 17.5 Å². The maximum absolute atomic E-state index is 12.8. The Bertz CT molecular complexity index is 923. The first kappa shape index (κ1) is 17.0. The van der Waals surface area contributed by atoms with E-state index >= 15 is 0 Å². The summed E-state index contributed by atoms with van der Waals surface area (Å²) in [4.78, 5) is 25.1. The van der Waals surface area contributed by atoms with Gasteiger partial charge >= 0.3 is 0 Å². The fourth-order valence-electron chi connectivity index (χ4n) is 6.73. The SMILES string of the molecule is Cn1c(=O)cc(C(=O)NCCC23CC4CC(CC(C4)C2)C3)c2ccccc21. The maximum Gasteiger partial charge on any atom is 0.252 e. The van der Waals surface area contributed by atoms with Gasteiger partial charge in [0.2, 0.25) is 0 Å². The van der Waals surface area contributed by atoms with Gasteiger partial charge in [0.05, 0.1) is 11.1 Å². The van der Waals surface area contributed by atoms with E-state index in [0.717, 1.165) is 35.1 Å². The smallest absolute Gasteiger partial charge is 0.252 e. The number of carbonyl (C=O) groups is 1. The summed E-state index contributed by atoms with van der Waals surface area (Å²) >= 11 is 0. The largest absolute Gasteiger partial charge is 0.352 e. The van der Waals surface area contributed by atoms with Crippen LogP contribution < -0.4 is 10.9 Å². The van der Waals surface area contributed by atoms with Gasteiger partial charge in [0.15, 0.2) is 0 Å². The molecule has 4 heteroatoms. The molecular formula is C23H28N2O2. The molecule has 0 atom stereocenters. The Balaban J connectivity index is 1.31. The Morgan fingerprint density at radius 2 is 1.74 bits per heavy atom. The van der Waals surface area contributed by atoms with E-state index in [2.05, 4.69) is 5.32 Å². The molecule has 4 fully saturated rings. The molecule has 6 rings (SSSR count). The number of aromatic nitrogens is 1. The second kappa shape index (κ2) is 6.22. The van der Waals surface area contributed by atoms with Crippen molar-refractivity contribution in [2.45, 2.75) is 44.9 Å². The average molecular weight is 364 g/mol. The minimum absolute atomic E-state index is 0.117. The van der Waals surface area contributed by atoms with Crippen LogP contribution in [0.2, 0.25) is 0 Å². The van der Waals surface area contributed by atoms with Gasteiger partial charge < -0.3 is 9.88 Å². The highest BCUT2D eigenvalue weighted by Crippen LogP contribution is 2.61. The first-order valence-electron chi connectivity index (χ1n) is 10.4. The van der Waals surface area contributed by atoms with E-state index in [4.69, 9.17) is 0 Å². The molecule has 1 aromatic carbocycles. The average Bonchev–Trinajstić information content (AvgIpc) is 2.63. The molecule has 4 nitrogen and oxygen atoms in total. The topological polar surface area (TPSA) is 51.1 Å². The number of nitrogens with zero attached hydrogens (tertiary/aromatic N) is 1. The van der Waals surface area contributed by atoms with Crippen molar-refractivity contribution in [3.05, 3.63) is 46.2 Å². The fraction of sp³-hybridized carbons (Fsp3) is 0.565. The number of amides is 1. The summed E-state index contributed by atoms with van der Waals surface area (Å²) < 4.78 is 1.60. The maximum atomic E-state index is 12.8. The third-order valence-corrected chi connectivity index (χ3v) is 7.50. The van der Waals surface area contributed by atoms with Gasteiger partial charge in [-0.3, -0.25) is 9.59 Å². The van der Waals surface area contributed by atoms with Crippen molar-refractivity contribution in [3.8, 4) is 0 Å². The van der Waals surface area contributed by atoms with Crippen LogP contribution in [0.4, 0.5) is 0 Å². The predicted molar refractivity (Wildman–Crippen MR) is 107 cm³/mol. The highest BCUT2D eigenvalue weighted by Gasteiger charge is 2.50. The molecule has 0 spiro atoms. The summed E-state index contributed by atoms with van der Waals surface area (Å²) in [5.41, 5.74) is 1.63. The first-order chi connectivity index (χ1) is 13.0. The van der Waals surface area contributed by atoms with Gasteiger partial charge in [-0.2, -0.15) is 0 Å². The molecule has 142 valence electrons. The van der Waals surface area contributed by atoms with E-state index in [1.807, 2.05) is 24.3 Å². The van der Waals surface area contributed by atoms with Crippen molar-refractivity contribution in [1.29, 1.82) is 0 Å². The van der Waals surface area contributed by atoms with Crippen molar-refractivity contribution >= 4 is 16.8 Å². The zero-order valence-electron chi connectivity index (χ0n) is 16.0. The Hall–Kier alpha value is -2.10. The van der Waals surface area contributed by atoms with E-state index in [1.54, 1.807) is 11.6 Å². The van der Waals surface area contributed by atoms with Crippen LogP contribution in [0.1, 0.15) is 55.3 Å². The molecule has 27 heavy (non-hydrogen) atoms. The molecule has 4 aliphatic rings. The van der Waals surface area contributed by atoms with Gasteiger partial charge in [-0.1, -0.05) is 18.2 Å². The fourth-order valence-corrected chi connectivity index (χ4v) is 6.73. The number of para-hydroxylation sites is 1. The predicted octanol–water partition coefficient (Wildman–Crippen LogP) is 3.87. The van der Waals surface area contributed by atoms with Gasteiger partial charge in [0.25, 0.3) is 11.5 Å². The number of aryl methyl sites for hydroxylation is 1. The minimum atomic E-state index is -0.139. The zero-order chi connectivity index (χ0) is 18.6. The highest BCUT2D eigenvalue weighted by molar-refractivity contribution is 6.06. The van der Waals surface area contributed by atoms with Crippen LogP contribution in [0, 0.1) is 23.2 Å². The Morgan fingerprint density at radius 3 is 2.41 bits per heavy atom. The summed E-state index contributed by atoms with van der Waals surface area (Å²) in [5, 5.41) is 3.97. The van der Waals surface area contributed by atoms with Gasteiger partial charge in [-0.05, 0) is 74.2 Å². The Labute approximate surface area is 160 Å². The van der Waals surface area contributed by atoms with Crippen LogP contribution in [-0.2, 0) is 7.05 Å². The van der Waals surface area contributed by atoms with Gasteiger partial charge in [0.1, 0.15) is 0 Å². The Kier molecular flexibility index (Phi) is 3.92. The highest BCUT2D eigenvalue weighted by atomic mass is 16.2. The summed E-state index contributed by atoms with van der Waals surface area (Å²) in [6.07, 6.45) is 9.53. The number of nitrogens with one attached hydrogen (secondary N) is 1. The summed E-state index contributed by atoms with van der Waals surface area (Å²) in [6.45, 7) is 0.717. The van der Waals surface area contributed by atoms with Crippen LogP contribution in [0.15, 0.2) is 35.1 Å².